The van der Waals surface area contributed by atoms with Gasteiger partial charge < -0.3 is 10.6 Å². The highest BCUT2D eigenvalue weighted by Gasteiger charge is 2.12. The summed E-state index contributed by atoms with van der Waals surface area (Å²) in [6.45, 7) is 2.48. The number of aromatic nitrogens is 2. The van der Waals surface area contributed by atoms with E-state index in [1.165, 1.54) is 16.9 Å². The third-order valence-electron chi connectivity index (χ3n) is 3.29. The predicted octanol–water partition coefficient (Wildman–Crippen LogP) is 2.70. The van der Waals surface area contributed by atoms with E-state index in [2.05, 4.69) is 26.7 Å². The fourth-order valence-corrected chi connectivity index (χ4v) is 2.96. The second-order valence-corrected chi connectivity index (χ2v) is 5.80. The fourth-order valence-electron chi connectivity index (χ4n) is 2.12. The van der Waals surface area contributed by atoms with Crippen molar-refractivity contribution >= 4 is 42.1 Å². The van der Waals surface area contributed by atoms with Gasteiger partial charge in [-0.3, -0.25) is 9.78 Å². The number of amides is 1. The van der Waals surface area contributed by atoms with E-state index < -0.39 is 0 Å². The summed E-state index contributed by atoms with van der Waals surface area (Å²) in [6, 6.07) is 3.78. The summed E-state index contributed by atoms with van der Waals surface area (Å²) < 4.78 is 0. The van der Waals surface area contributed by atoms with Gasteiger partial charge in [0.1, 0.15) is 9.88 Å². The van der Waals surface area contributed by atoms with E-state index in [4.69, 9.17) is 0 Å². The van der Waals surface area contributed by atoms with Gasteiger partial charge in [-0.1, -0.05) is 11.6 Å². The summed E-state index contributed by atoms with van der Waals surface area (Å²) in [5.74, 6) is -0.0627. The van der Waals surface area contributed by atoms with Crippen molar-refractivity contribution in [2.75, 3.05) is 19.6 Å². The standard InChI is InChI=1S/C15H16N4OS.2ClH/c20-14(18-9-11-1-5-16-6-2-11)13-10-19-15(21-13)12-3-7-17-8-4-12;;/h1,3-4,7-8,10,16H,2,5-6,9H2,(H,18,20);2*1H. The van der Waals surface area contributed by atoms with Gasteiger partial charge in [-0.25, -0.2) is 4.98 Å². The van der Waals surface area contributed by atoms with E-state index in [0.717, 1.165) is 30.1 Å². The molecule has 5 nitrogen and oxygen atoms in total. The van der Waals surface area contributed by atoms with Gasteiger partial charge in [-0.05, 0) is 25.1 Å². The molecule has 2 aromatic heterocycles. The van der Waals surface area contributed by atoms with Crippen LogP contribution < -0.4 is 10.6 Å². The van der Waals surface area contributed by atoms with Gasteiger partial charge in [0, 0.05) is 31.0 Å². The van der Waals surface area contributed by atoms with Crippen LogP contribution in [0.5, 0.6) is 0 Å². The zero-order chi connectivity index (χ0) is 14.5. The molecule has 2 aromatic rings. The largest absolute Gasteiger partial charge is 0.348 e. The highest BCUT2D eigenvalue weighted by molar-refractivity contribution is 7.16. The van der Waals surface area contributed by atoms with E-state index in [0.29, 0.717) is 11.4 Å². The van der Waals surface area contributed by atoms with E-state index in [1.54, 1.807) is 18.6 Å². The van der Waals surface area contributed by atoms with Crippen LogP contribution in [0.15, 0.2) is 42.4 Å². The molecule has 0 unspecified atom stereocenters. The lowest BCUT2D eigenvalue weighted by molar-refractivity contribution is 0.0960. The van der Waals surface area contributed by atoms with Crippen LogP contribution in [0.4, 0.5) is 0 Å². The molecule has 0 atom stereocenters. The van der Waals surface area contributed by atoms with Gasteiger partial charge >= 0.3 is 0 Å². The molecule has 2 N–H and O–H groups in total. The van der Waals surface area contributed by atoms with Crippen LogP contribution in [-0.2, 0) is 0 Å². The Morgan fingerprint density at radius 2 is 2.09 bits per heavy atom. The Bertz CT molecular complexity index is 661. The molecule has 0 spiro atoms. The summed E-state index contributed by atoms with van der Waals surface area (Å²) in [6.07, 6.45) is 8.21. The molecule has 23 heavy (non-hydrogen) atoms. The second kappa shape index (κ2) is 9.62. The first-order valence-corrected chi connectivity index (χ1v) is 7.67. The van der Waals surface area contributed by atoms with E-state index in [1.807, 2.05) is 12.1 Å². The topological polar surface area (TPSA) is 66.9 Å². The number of carbonyl (C=O) groups is 1. The molecule has 0 fully saturated rings. The first-order valence-electron chi connectivity index (χ1n) is 6.86. The number of nitrogens with one attached hydrogen (secondary N) is 2. The molecular weight excluding hydrogens is 355 g/mol. The van der Waals surface area contributed by atoms with Crippen LogP contribution in [0.25, 0.3) is 10.6 Å². The lowest BCUT2D eigenvalue weighted by atomic mass is 10.1. The Labute approximate surface area is 151 Å². The van der Waals surface area contributed by atoms with Gasteiger partial charge in [0.05, 0.1) is 6.20 Å². The number of pyridine rings is 1. The Balaban J connectivity index is 0.00000132. The first kappa shape index (κ1) is 19.6. The Kier molecular flexibility index (Phi) is 8.19. The van der Waals surface area contributed by atoms with E-state index in [-0.39, 0.29) is 30.7 Å². The van der Waals surface area contributed by atoms with Crippen molar-refractivity contribution in [2.24, 2.45) is 0 Å². The number of rotatable bonds is 4. The van der Waals surface area contributed by atoms with Crippen molar-refractivity contribution in [3.05, 3.63) is 47.2 Å². The summed E-state index contributed by atoms with van der Waals surface area (Å²) >= 11 is 1.40. The van der Waals surface area contributed by atoms with Crippen molar-refractivity contribution < 1.29 is 4.79 Å². The molecule has 0 aromatic carbocycles. The maximum atomic E-state index is 12.1. The first-order chi connectivity index (χ1) is 10.3. The summed E-state index contributed by atoms with van der Waals surface area (Å²) in [5, 5.41) is 7.05. The average Bonchev–Trinajstić information content (AvgIpc) is 3.04. The highest BCUT2D eigenvalue weighted by Crippen LogP contribution is 2.24. The van der Waals surface area contributed by atoms with Crippen molar-refractivity contribution in [1.29, 1.82) is 0 Å². The number of nitrogens with zero attached hydrogens (tertiary/aromatic N) is 2. The third-order valence-corrected chi connectivity index (χ3v) is 4.34. The van der Waals surface area contributed by atoms with Gasteiger partial charge in [0.2, 0.25) is 0 Å². The third kappa shape index (κ3) is 5.28. The molecule has 0 radical (unpaired) electrons. The highest BCUT2D eigenvalue weighted by atomic mass is 35.5. The monoisotopic (exact) mass is 372 g/mol. The number of carbonyl (C=O) groups excluding carboxylic acids is 1. The molecule has 3 rings (SSSR count). The molecule has 1 aliphatic heterocycles. The normalized spacial score (nSPS) is 13.3. The van der Waals surface area contributed by atoms with Gasteiger partial charge in [0.25, 0.3) is 5.91 Å². The van der Waals surface area contributed by atoms with Crippen molar-refractivity contribution in [1.82, 2.24) is 20.6 Å². The van der Waals surface area contributed by atoms with Crippen LogP contribution in [0.1, 0.15) is 16.1 Å². The van der Waals surface area contributed by atoms with Crippen LogP contribution >= 0.6 is 36.2 Å². The van der Waals surface area contributed by atoms with Crippen LogP contribution in [0.3, 0.4) is 0 Å². The number of hydrogen-bond acceptors (Lipinski definition) is 5. The second-order valence-electron chi connectivity index (χ2n) is 4.76. The zero-order valence-electron chi connectivity index (χ0n) is 12.3. The summed E-state index contributed by atoms with van der Waals surface area (Å²) in [4.78, 5) is 21.1. The smallest absolute Gasteiger partial charge is 0.263 e. The molecule has 3 heterocycles. The summed E-state index contributed by atoms with van der Waals surface area (Å²) in [7, 11) is 0. The lowest BCUT2D eigenvalue weighted by Gasteiger charge is -2.14. The maximum Gasteiger partial charge on any atom is 0.263 e. The average molecular weight is 373 g/mol. The van der Waals surface area contributed by atoms with Crippen molar-refractivity contribution in [3.8, 4) is 10.6 Å². The van der Waals surface area contributed by atoms with Crippen LogP contribution in [-0.4, -0.2) is 35.5 Å². The molecular formula is C15H18Cl2N4OS. The molecule has 1 amide bonds. The maximum absolute atomic E-state index is 12.1. The fraction of sp³-hybridized carbons (Fsp3) is 0.267. The Hall–Kier alpha value is -1.47. The van der Waals surface area contributed by atoms with Crippen molar-refractivity contribution in [3.63, 3.8) is 0 Å². The molecule has 0 aliphatic carbocycles. The minimum atomic E-state index is -0.0627. The number of hydrogen-bond donors (Lipinski definition) is 2. The van der Waals surface area contributed by atoms with Crippen LogP contribution in [0.2, 0.25) is 0 Å². The molecule has 0 bridgehead atoms. The Morgan fingerprint density at radius 1 is 1.30 bits per heavy atom. The lowest BCUT2D eigenvalue weighted by Crippen LogP contribution is -2.29. The predicted molar refractivity (Wildman–Crippen MR) is 97.7 cm³/mol. The molecule has 0 saturated heterocycles. The molecule has 124 valence electrons. The zero-order valence-corrected chi connectivity index (χ0v) is 14.8. The number of halogens is 2. The minimum absolute atomic E-state index is 0. The van der Waals surface area contributed by atoms with Gasteiger partial charge in [-0.2, -0.15) is 0 Å². The summed E-state index contributed by atoms with van der Waals surface area (Å²) in [5.41, 5.74) is 2.26. The Morgan fingerprint density at radius 3 is 2.78 bits per heavy atom. The number of thiazole rings is 1. The van der Waals surface area contributed by atoms with E-state index in [9.17, 15) is 4.79 Å². The minimum Gasteiger partial charge on any atom is -0.348 e. The molecule has 0 saturated carbocycles. The quantitative estimate of drug-likeness (QED) is 0.809. The van der Waals surface area contributed by atoms with Crippen molar-refractivity contribution in [2.45, 2.75) is 6.42 Å². The van der Waals surface area contributed by atoms with E-state index >= 15 is 0 Å². The van der Waals surface area contributed by atoms with Gasteiger partial charge in [-0.15, -0.1) is 36.2 Å². The molecule has 1 aliphatic rings. The SMILES string of the molecule is Cl.Cl.O=C(NCC1=CCNCC1)c1cnc(-c2ccncc2)s1. The van der Waals surface area contributed by atoms with Gasteiger partial charge in [0.15, 0.2) is 0 Å². The van der Waals surface area contributed by atoms with Crippen LogP contribution in [0, 0.1) is 0 Å². The molecule has 8 heteroatoms.